The van der Waals surface area contributed by atoms with Gasteiger partial charge in [0.2, 0.25) is 0 Å². The number of aliphatic hydroxyl groups excluding tert-OH is 1. The fourth-order valence-corrected chi connectivity index (χ4v) is 1.57. The number of rotatable bonds is 3. The van der Waals surface area contributed by atoms with Gasteiger partial charge in [0.15, 0.2) is 0 Å². The Bertz CT molecular complexity index is 286. The quantitative estimate of drug-likeness (QED) is 0.857. The summed E-state index contributed by atoms with van der Waals surface area (Å²) in [6, 6.07) is 5.33. The summed E-state index contributed by atoms with van der Waals surface area (Å²) in [5.41, 5.74) is 0.871. The lowest BCUT2D eigenvalue weighted by molar-refractivity contribution is 0.236. The van der Waals surface area contributed by atoms with E-state index in [4.69, 9.17) is 5.11 Å². The van der Waals surface area contributed by atoms with Gasteiger partial charge in [0.1, 0.15) is 5.75 Å². The van der Waals surface area contributed by atoms with Crippen LogP contribution in [0.3, 0.4) is 0 Å². The molecule has 0 aliphatic heterocycles. The normalized spacial score (nSPS) is 12.8. The molecule has 0 aliphatic carbocycles. The highest BCUT2D eigenvalue weighted by Crippen LogP contribution is 2.24. The lowest BCUT2D eigenvalue weighted by Crippen LogP contribution is -2.04. The molecule has 1 unspecified atom stereocenters. The van der Waals surface area contributed by atoms with Crippen LogP contribution in [0.2, 0.25) is 0 Å². The number of aromatic hydroxyl groups is 1. The van der Waals surface area contributed by atoms with Crippen LogP contribution in [-0.4, -0.2) is 16.8 Å². The molecule has 0 aromatic heterocycles. The summed E-state index contributed by atoms with van der Waals surface area (Å²) in [6.45, 7) is 2.09. The first-order chi connectivity index (χ1) is 6.13. The molecule has 1 atom stereocenters. The van der Waals surface area contributed by atoms with Crippen molar-refractivity contribution in [3.63, 3.8) is 0 Å². The number of phenols is 1. The van der Waals surface area contributed by atoms with Crippen LogP contribution in [0, 0.1) is 5.92 Å². The Hall–Kier alpha value is -0.540. The maximum absolute atomic E-state index is 9.48. The van der Waals surface area contributed by atoms with Gasteiger partial charge in [-0.25, -0.2) is 0 Å². The third-order valence-electron chi connectivity index (χ3n) is 1.92. The molecule has 0 aliphatic rings. The summed E-state index contributed by atoms with van der Waals surface area (Å²) < 4.78 is 0.949. The van der Waals surface area contributed by atoms with E-state index in [9.17, 15) is 5.11 Å². The predicted molar refractivity (Wildman–Crippen MR) is 55.8 cm³/mol. The van der Waals surface area contributed by atoms with Gasteiger partial charge in [-0.05, 0) is 36.1 Å². The van der Waals surface area contributed by atoms with E-state index in [-0.39, 0.29) is 12.5 Å². The Labute approximate surface area is 86.3 Å². The Kier molecular flexibility index (Phi) is 3.75. The van der Waals surface area contributed by atoms with Crippen LogP contribution in [0.15, 0.2) is 22.7 Å². The van der Waals surface area contributed by atoms with Crippen LogP contribution in [0.5, 0.6) is 5.75 Å². The maximum atomic E-state index is 9.48. The van der Waals surface area contributed by atoms with Crippen molar-refractivity contribution in [1.82, 2.24) is 0 Å². The molecule has 0 saturated heterocycles. The highest BCUT2D eigenvalue weighted by atomic mass is 79.9. The molecule has 0 amide bonds. The average molecular weight is 245 g/mol. The molecular formula is C10H13BrO2. The first kappa shape index (κ1) is 10.5. The summed E-state index contributed by atoms with van der Waals surface area (Å²) >= 11 is 3.33. The molecule has 72 valence electrons. The number of aliphatic hydroxyl groups is 1. The summed E-state index contributed by atoms with van der Waals surface area (Å²) in [7, 11) is 0. The van der Waals surface area contributed by atoms with Crippen LogP contribution >= 0.6 is 15.9 Å². The van der Waals surface area contributed by atoms with E-state index in [0.717, 1.165) is 10.0 Å². The fraction of sp³-hybridized carbons (Fsp3) is 0.400. The lowest BCUT2D eigenvalue weighted by Gasteiger charge is -2.09. The largest absolute Gasteiger partial charge is 0.508 e. The molecule has 0 heterocycles. The summed E-state index contributed by atoms with van der Waals surface area (Å²) in [5, 5.41) is 18.3. The second-order valence-electron chi connectivity index (χ2n) is 3.26. The van der Waals surface area contributed by atoms with Crippen molar-refractivity contribution >= 4 is 15.9 Å². The van der Waals surface area contributed by atoms with Gasteiger partial charge < -0.3 is 10.2 Å². The molecule has 3 heteroatoms. The highest BCUT2D eigenvalue weighted by Gasteiger charge is 2.06. The Balaban J connectivity index is 2.81. The van der Waals surface area contributed by atoms with Crippen molar-refractivity contribution in [2.45, 2.75) is 13.3 Å². The SMILES string of the molecule is CC(CO)Cc1cc(Br)ccc1O. The van der Waals surface area contributed by atoms with E-state index in [2.05, 4.69) is 15.9 Å². The molecule has 2 nitrogen and oxygen atoms in total. The first-order valence-corrected chi connectivity index (χ1v) is 5.01. The smallest absolute Gasteiger partial charge is 0.118 e. The molecular weight excluding hydrogens is 232 g/mol. The molecule has 1 rings (SSSR count). The second-order valence-corrected chi connectivity index (χ2v) is 4.18. The van der Waals surface area contributed by atoms with Gasteiger partial charge in [-0.1, -0.05) is 22.9 Å². The van der Waals surface area contributed by atoms with E-state index in [0.29, 0.717) is 12.2 Å². The molecule has 1 aromatic rings. The number of hydrogen-bond donors (Lipinski definition) is 2. The molecule has 2 N–H and O–H groups in total. The van der Waals surface area contributed by atoms with Gasteiger partial charge in [-0.3, -0.25) is 0 Å². The molecule has 0 spiro atoms. The zero-order valence-electron chi connectivity index (χ0n) is 7.50. The maximum Gasteiger partial charge on any atom is 0.118 e. The summed E-state index contributed by atoms with van der Waals surface area (Å²) in [6.07, 6.45) is 0.696. The minimum Gasteiger partial charge on any atom is -0.508 e. The second kappa shape index (κ2) is 4.63. The molecule has 0 fully saturated rings. The van der Waals surface area contributed by atoms with E-state index < -0.39 is 0 Å². The number of hydrogen-bond acceptors (Lipinski definition) is 2. The molecule has 0 radical (unpaired) electrons. The van der Waals surface area contributed by atoms with Crippen LogP contribution in [-0.2, 0) is 6.42 Å². The van der Waals surface area contributed by atoms with Gasteiger partial charge in [0.25, 0.3) is 0 Å². The van der Waals surface area contributed by atoms with Gasteiger partial charge in [0.05, 0.1) is 0 Å². The lowest BCUT2D eigenvalue weighted by atomic mass is 10.0. The Morgan fingerprint density at radius 2 is 2.15 bits per heavy atom. The third-order valence-corrected chi connectivity index (χ3v) is 2.41. The van der Waals surface area contributed by atoms with Gasteiger partial charge in [-0.2, -0.15) is 0 Å². The van der Waals surface area contributed by atoms with Gasteiger partial charge in [0, 0.05) is 11.1 Å². The topological polar surface area (TPSA) is 40.5 Å². The van der Waals surface area contributed by atoms with Crippen LogP contribution in [0.1, 0.15) is 12.5 Å². The molecule has 1 aromatic carbocycles. The third kappa shape index (κ3) is 3.01. The van der Waals surface area contributed by atoms with Crippen molar-refractivity contribution in [1.29, 1.82) is 0 Å². The van der Waals surface area contributed by atoms with Crippen LogP contribution in [0.4, 0.5) is 0 Å². The predicted octanol–water partition coefficient (Wildman–Crippen LogP) is 2.33. The molecule has 13 heavy (non-hydrogen) atoms. The van der Waals surface area contributed by atoms with Crippen molar-refractivity contribution < 1.29 is 10.2 Å². The Morgan fingerprint density at radius 3 is 2.77 bits per heavy atom. The summed E-state index contributed by atoms with van der Waals surface area (Å²) in [4.78, 5) is 0. The first-order valence-electron chi connectivity index (χ1n) is 4.21. The average Bonchev–Trinajstić information content (AvgIpc) is 2.11. The fourth-order valence-electron chi connectivity index (χ4n) is 1.16. The number of benzene rings is 1. The zero-order valence-corrected chi connectivity index (χ0v) is 9.08. The molecule has 0 bridgehead atoms. The molecule has 0 saturated carbocycles. The van der Waals surface area contributed by atoms with Crippen molar-refractivity contribution in [3.05, 3.63) is 28.2 Å². The minimum atomic E-state index is 0.145. The van der Waals surface area contributed by atoms with Crippen molar-refractivity contribution in [3.8, 4) is 5.75 Å². The van der Waals surface area contributed by atoms with E-state index in [1.165, 1.54) is 0 Å². The zero-order chi connectivity index (χ0) is 9.84. The Morgan fingerprint density at radius 1 is 1.46 bits per heavy atom. The monoisotopic (exact) mass is 244 g/mol. The number of phenolic OH excluding ortho intramolecular Hbond substituents is 1. The van der Waals surface area contributed by atoms with E-state index >= 15 is 0 Å². The van der Waals surface area contributed by atoms with E-state index in [1.54, 1.807) is 12.1 Å². The standard InChI is InChI=1S/C10H13BrO2/c1-7(6-12)4-8-5-9(11)2-3-10(8)13/h2-3,5,7,12-13H,4,6H2,1H3. The van der Waals surface area contributed by atoms with Crippen LogP contribution in [0.25, 0.3) is 0 Å². The summed E-state index contributed by atoms with van der Waals surface area (Å²) in [5.74, 6) is 0.476. The van der Waals surface area contributed by atoms with Crippen LogP contribution < -0.4 is 0 Å². The van der Waals surface area contributed by atoms with E-state index in [1.807, 2.05) is 13.0 Å². The van der Waals surface area contributed by atoms with Crippen molar-refractivity contribution in [2.75, 3.05) is 6.61 Å². The highest BCUT2D eigenvalue weighted by molar-refractivity contribution is 9.10. The van der Waals surface area contributed by atoms with Gasteiger partial charge >= 0.3 is 0 Å². The number of halogens is 1. The minimum absolute atomic E-state index is 0.145. The van der Waals surface area contributed by atoms with Gasteiger partial charge in [-0.15, -0.1) is 0 Å². The van der Waals surface area contributed by atoms with Crippen molar-refractivity contribution in [2.24, 2.45) is 5.92 Å².